The van der Waals surface area contributed by atoms with Crippen LogP contribution >= 0.6 is 0 Å². The molecule has 2 aromatic rings. The number of halogens is 1. The first kappa shape index (κ1) is 13.4. The highest BCUT2D eigenvalue weighted by molar-refractivity contribution is 5.33. The molecule has 0 aliphatic heterocycles. The number of nitrogens with one attached hydrogen (secondary N) is 1. The van der Waals surface area contributed by atoms with Crippen LogP contribution in [-0.2, 0) is 0 Å². The molecule has 4 nitrogen and oxygen atoms in total. The van der Waals surface area contributed by atoms with Crippen LogP contribution in [0.15, 0.2) is 36.7 Å². The molecule has 1 aromatic heterocycles. The van der Waals surface area contributed by atoms with Crippen LogP contribution in [-0.4, -0.2) is 23.6 Å². The minimum absolute atomic E-state index is 0.335. The molecule has 0 saturated heterocycles. The summed E-state index contributed by atoms with van der Waals surface area (Å²) in [6.07, 6.45) is 3.29. The predicted octanol–water partition coefficient (Wildman–Crippen LogP) is 2.32. The maximum absolute atomic E-state index is 14.1. The lowest BCUT2D eigenvalue weighted by molar-refractivity contribution is 0.409. The Morgan fingerprint density at radius 3 is 2.63 bits per heavy atom. The Morgan fingerprint density at radius 1 is 1.32 bits per heavy atom. The number of ether oxygens (including phenoxy) is 1. The summed E-state index contributed by atoms with van der Waals surface area (Å²) < 4.78 is 19.1. The van der Waals surface area contributed by atoms with Gasteiger partial charge >= 0.3 is 0 Å². The second-order valence-electron chi connectivity index (χ2n) is 3.99. The topological polar surface area (TPSA) is 47.0 Å². The molecule has 0 aliphatic rings. The van der Waals surface area contributed by atoms with E-state index in [9.17, 15) is 4.39 Å². The Kier molecular flexibility index (Phi) is 4.41. The average molecular weight is 261 g/mol. The summed E-state index contributed by atoms with van der Waals surface area (Å²) >= 11 is 0. The van der Waals surface area contributed by atoms with Crippen molar-refractivity contribution in [3.63, 3.8) is 0 Å². The first-order valence-corrected chi connectivity index (χ1v) is 6.10. The fourth-order valence-corrected chi connectivity index (χ4v) is 1.87. The number of hydrogen-bond donors (Lipinski definition) is 1. The standard InChI is InChI=1S/C14H16FN3O/c1-3-16-13(14-17-7-4-8-18-14)11-6-5-10(19-2)9-12(11)15/h4-9,13,16H,3H2,1-2H3. The molecule has 5 heteroatoms. The minimum Gasteiger partial charge on any atom is -0.497 e. The number of rotatable bonds is 5. The van der Waals surface area contributed by atoms with Gasteiger partial charge in [0.2, 0.25) is 0 Å². The molecule has 0 spiro atoms. The lowest BCUT2D eigenvalue weighted by Gasteiger charge is -2.17. The van der Waals surface area contributed by atoms with Crippen LogP contribution in [0.4, 0.5) is 4.39 Å². The highest BCUT2D eigenvalue weighted by atomic mass is 19.1. The Balaban J connectivity index is 2.39. The third-order valence-corrected chi connectivity index (χ3v) is 2.77. The molecule has 0 radical (unpaired) electrons. The Labute approximate surface area is 111 Å². The van der Waals surface area contributed by atoms with Crippen LogP contribution in [0.3, 0.4) is 0 Å². The number of methoxy groups -OCH3 is 1. The normalized spacial score (nSPS) is 12.2. The second-order valence-corrected chi connectivity index (χ2v) is 3.99. The van der Waals surface area contributed by atoms with E-state index in [1.807, 2.05) is 6.92 Å². The van der Waals surface area contributed by atoms with Crippen molar-refractivity contribution < 1.29 is 9.13 Å². The van der Waals surface area contributed by atoms with Crippen molar-refractivity contribution in [3.8, 4) is 5.75 Å². The molecule has 1 N–H and O–H groups in total. The van der Waals surface area contributed by atoms with Crippen molar-refractivity contribution in [3.05, 3.63) is 53.9 Å². The Morgan fingerprint density at radius 2 is 2.05 bits per heavy atom. The van der Waals surface area contributed by atoms with Crippen molar-refractivity contribution in [1.29, 1.82) is 0 Å². The van der Waals surface area contributed by atoms with Crippen molar-refractivity contribution in [2.45, 2.75) is 13.0 Å². The van der Waals surface area contributed by atoms with E-state index >= 15 is 0 Å². The van der Waals surface area contributed by atoms with Crippen LogP contribution in [0, 0.1) is 5.82 Å². The Hall–Kier alpha value is -2.01. The summed E-state index contributed by atoms with van der Waals surface area (Å²) in [6.45, 7) is 2.64. The van der Waals surface area contributed by atoms with Crippen LogP contribution < -0.4 is 10.1 Å². The molecular formula is C14H16FN3O. The maximum atomic E-state index is 14.1. The quantitative estimate of drug-likeness (QED) is 0.897. The molecule has 19 heavy (non-hydrogen) atoms. The van der Waals surface area contributed by atoms with Gasteiger partial charge in [-0.2, -0.15) is 0 Å². The molecule has 1 atom stereocenters. The average Bonchev–Trinajstić information content (AvgIpc) is 2.46. The minimum atomic E-state index is -0.364. The molecule has 1 unspecified atom stereocenters. The van der Waals surface area contributed by atoms with Crippen LogP contribution in [0.2, 0.25) is 0 Å². The van der Waals surface area contributed by atoms with Gasteiger partial charge in [-0.05, 0) is 18.7 Å². The van der Waals surface area contributed by atoms with E-state index in [1.165, 1.54) is 13.2 Å². The van der Waals surface area contributed by atoms with Crippen molar-refractivity contribution in [1.82, 2.24) is 15.3 Å². The fraction of sp³-hybridized carbons (Fsp3) is 0.286. The summed E-state index contributed by atoms with van der Waals surface area (Å²) in [5.41, 5.74) is 0.508. The summed E-state index contributed by atoms with van der Waals surface area (Å²) in [4.78, 5) is 8.37. The molecule has 1 aromatic carbocycles. The molecule has 2 rings (SSSR count). The highest BCUT2D eigenvalue weighted by Crippen LogP contribution is 2.24. The SMILES string of the molecule is CCNC(c1ncccn1)c1ccc(OC)cc1F. The number of nitrogens with zero attached hydrogens (tertiary/aromatic N) is 2. The van der Waals surface area contributed by atoms with E-state index < -0.39 is 0 Å². The van der Waals surface area contributed by atoms with E-state index in [-0.39, 0.29) is 11.9 Å². The molecule has 0 amide bonds. The zero-order valence-corrected chi connectivity index (χ0v) is 10.9. The van der Waals surface area contributed by atoms with Gasteiger partial charge in [-0.3, -0.25) is 0 Å². The summed E-state index contributed by atoms with van der Waals surface area (Å²) in [7, 11) is 1.51. The van der Waals surface area contributed by atoms with E-state index in [1.54, 1.807) is 30.6 Å². The van der Waals surface area contributed by atoms with E-state index in [0.29, 0.717) is 23.7 Å². The maximum Gasteiger partial charge on any atom is 0.149 e. The van der Waals surface area contributed by atoms with Crippen LogP contribution in [0.1, 0.15) is 24.4 Å². The number of benzene rings is 1. The number of aromatic nitrogens is 2. The Bertz CT molecular complexity index is 533. The largest absolute Gasteiger partial charge is 0.497 e. The highest BCUT2D eigenvalue weighted by Gasteiger charge is 2.19. The van der Waals surface area contributed by atoms with Gasteiger partial charge in [0.25, 0.3) is 0 Å². The van der Waals surface area contributed by atoms with Gasteiger partial charge in [0, 0.05) is 24.0 Å². The number of hydrogen-bond acceptors (Lipinski definition) is 4. The van der Waals surface area contributed by atoms with Gasteiger partial charge in [0.05, 0.1) is 13.2 Å². The molecule has 100 valence electrons. The zero-order chi connectivity index (χ0) is 13.7. The summed E-state index contributed by atoms with van der Waals surface area (Å²) in [5.74, 6) is 0.705. The van der Waals surface area contributed by atoms with Gasteiger partial charge in [-0.1, -0.05) is 13.0 Å². The van der Waals surface area contributed by atoms with Crippen LogP contribution in [0.5, 0.6) is 5.75 Å². The molecule has 0 fully saturated rings. The van der Waals surface area contributed by atoms with Crippen LogP contribution in [0.25, 0.3) is 0 Å². The van der Waals surface area contributed by atoms with Gasteiger partial charge < -0.3 is 10.1 Å². The molecule has 0 aliphatic carbocycles. The van der Waals surface area contributed by atoms with Crippen molar-refractivity contribution in [2.24, 2.45) is 0 Å². The lowest BCUT2D eigenvalue weighted by atomic mass is 10.0. The van der Waals surface area contributed by atoms with Crippen molar-refractivity contribution in [2.75, 3.05) is 13.7 Å². The summed E-state index contributed by atoms with van der Waals surface area (Å²) in [6, 6.07) is 6.15. The molecular weight excluding hydrogens is 245 g/mol. The fourth-order valence-electron chi connectivity index (χ4n) is 1.87. The van der Waals surface area contributed by atoms with Gasteiger partial charge in [-0.25, -0.2) is 14.4 Å². The molecule has 0 saturated carbocycles. The van der Waals surface area contributed by atoms with Crippen molar-refractivity contribution >= 4 is 0 Å². The molecule has 0 bridgehead atoms. The first-order valence-electron chi connectivity index (χ1n) is 6.10. The molecule has 1 heterocycles. The first-order chi connectivity index (χ1) is 9.26. The zero-order valence-electron chi connectivity index (χ0n) is 10.9. The predicted molar refractivity (Wildman–Crippen MR) is 70.5 cm³/mol. The lowest BCUT2D eigenvalue weighted by Crippen LogP contribution is -2.24. The van der Waals surface area contributed by atoms with E-state index in [4.69, 9.17) is 4.74 Å². The third kappa shape index (κ3) is 3.06. The van der Waals surface area contributed by atoms with E-state index in [0.717, 1.165) is 0 Å². The van der Waals surface area contributed by atoms with Gasteiger partial charge in [0.15, 0.2) is 0 Å². The van der Waals surface area contributed by atoms with E-state index in [2.05, 4.69) is 15.3 Å². The smallest absolute Gasteiger partial charge is 0.149 e. The third-order valence-electron chi connectivity index (χ3n) is 2.77. The monoisotopic (exact) mass is 261 g/mol. The van der Waals surface area contributed by atoms with Gasteiger partial charge in [-0.15, -0.1) is 0 Å². The summed E-state index contributed by atoms with van der Waals surface area (Å²) in [5, 5.41) is 3.19. The van der Waals surface area contributed by atoms with Gasteiger partial charge in [0.1, 0.15) is 17.4 Å². The second kappa shape index (κ2) is 6.24.